The van der Waals surface area contributed by atoms with Gasteiger partial charge in [0.25, 0.3) is 0 Å². The molecule has 0 atom stereocenters. The second kappa shape index (κ2) is 7.16. The van der Waals surface area contributed by atoms with E-state index in [1.807, 2.05) is 30.3 Å². The van der Waals surface area contributed by atoms with E-state index in [9.17, 15) is 9.59 Å². The van der Waals surface area contributed by atoms with Crippen molar-refractivity contribution in [2.45, 2.75) is 6.54 Å². The molecule has 1 aromatic heterocycles. The minimum absolute atomic E-state index is 0.0181. The maximum absolute atomic E-state index is 13.3. The summed E-state index contributed by atoms with van der Waals surface area (Å²) >= 11 is 5.97. The van der Waals surface area contributed by atoms with E-state index in [-0.39, 0.29) is 11.3 Å². The van der Waals surface area contributed by atoms with Crippen LogP contribution in [0.2, 0.25) is 5.28 Å². The largest absolute Gasteiger partial charge is 0.465 e. The van der Waals surface area contributed by atoms with Gasteiger partial charge in [0.05, 0.1) is 12.2 Å². The minimum Gasteiger partial charge on any atom is -0.465 e. The predicted octanol–water partition coefficient (Wildman–Crippen LogP) is 4.50. The summed E-state index contributed by atoms with van der Waals surface area (Å²) in [4.78, 5) is 35.6. The summed E-state index contributed by atoms with van der Waals surface area (Å²) in [5, 5.41) is 11.3. The Morgan fingerprint density at radius 3 is 2.61 bits per heavy atom. The standard InChI is InChI=1S/C19H14ClN5O3/c20-17-21-10-12-11-24(14-6-2-1-3-7-14)19(28)25(16(12)23-17)15-8-4-5-13(9-15)22-18(26)27/h1-10,22H,11H2,(H,26,27). The van der Waals surface area contributed by atoms with Crippen molar-refractivity contribution in [3.05, 3.63) is 71.6 Å². The summed E-state index contributed by atoms with van der Waals surface area (Å²) < 4.78 is 0. The van der Waals surface area contributed by atoms with Crippen LogP contribution in [0.15, 0.2) is 60.8 Å². The SMILES string of the molecule is O=C(O)Nc1cccc(N2C(=O)N(c3ccccc3)Cc3cnc(Cl)nc32)c1. The first-order chi connectivity index (χ1) is 13.5. The molecule has 1 aliphatic heterocycles. The molecule has 2 N–H and O–H groups in total. The third kappa shape index (κ3) is 3.33. The lowest BCUT2D eigenvalue weighted by Gasteiger charge is -2.36. The van der Waals surface area contributed by atoms with E-state index in [0.29, 0.717) is 29.3 Å². The average Bonchev–Trinajstić information content (AvgIpc) is 2.68. The Bertz CT molecular complexity index is 1060. The van der Waals surface area contributed by atoms with Crippen molar-refractivity contribution in [3.63, 3.8) is 0 Å². The number of fused-ring (bicyclic) bond motifs is 1. The van der Waals surface area contributed by atoms with Gasteiger partial charge in [-0.05, 0) is 41.9 Å². The number of benzene rings is 2. The van der Waals surface area contributed by atoms with Crippen molar-refractivity contribution in [3.8, 4) is 0 Å². The maximum Gasteiger partial charge on any atom is 0.409 e. The van der Waals surface area contributed by atoms with E-state index in [2.05, 4.69) is 15.3 Å². The molecule has 8 nitrogen and oxygen atoms in total. The van der Waals surface area contributed by atoms with Crippen LogP contribution in [0.25, 0.3) is 0 Å². The van der Waals surface area contributed by atoms with Gasteiger partial charge in [0, 0.05) is 23.1 Å². The fourth-order valence-electron chi connectivity index (χ4n) is 3.02. The second-order valence-corrected chi connectivity index (χ2v) is 6.35. The Kier molecular flexibility index (Phi) is 4.54. The zero-order valence-corrected chi connectivity index (χ0v) is 15.2. The highest BCUT2D eigenvalue weighted by molar-refractivity contribution is 6.28. The molecule has 0 bridgehead atoms. The van der Waals surface area contributed by atoms with Gasteiger partial charge in [0.1, 0.15) is 0 Å². The summed E-state index contributed by atoms with van der Waals surface area (Å²) in [7, 11) is 0. The normalized spacial score (nSPS) is 13.2. The number of nitrogens with one attached hydrogen (secondary N) is 1. The van der Waals surface area contributed by atoms with E-state index in [1.54, 1.807) is 35.4 Å². The molecule has 0 radical (unpaired) electrons. The summed E-state index contributed by atoms with van der Waals surface area (Å²) in [5.74, 6) is 0.365. The van der Waals surface area contributed by atoms with Crippen LogP contribution in [-0.4, -0.2) is 27.2 Å². The van der Waals surface area contributed by atoms with Crippen LogP contribution in [0.5, 0.6) is 0 Å². The highest BCUT2D eigenvalue weighted by Crippen LogP contribution is 2.36. The Hall–Kier alpha value is -3.65. The van der Waals surface area contributed by atoms with E-state index >= 15 is 0 Å². The molecule has 28 heavy (non-hydrogen) atoms. The number of hydrogen-bond donors (Lipinski definition) is 2. The molecule has 3 aromatic rings. The zero-order valence-electron chi connectivity index (χ0n) is 14.4. The second-order valence-electron chi connectivity index (χ2n) is 6.01. The van der Waals surface area contributed by atoms with Crippen LogP contribution in [0.4, 0.5) is 32.5 Å². The molecule has 0 saturated heterocycles. The van der Waals surface area contributed by atoms with E-state index < -0.39 is 6.09 Å². The van der Waals surface area contributed by atoms with Crippen LogP contribution in [-0.2, 0) is 6.54 Å². The van der Waals surface area contributed by atoms with Crippen LogP contribution >= 0.6 is 11.6 Å². The average molecular weight is 396 g/mol. The summed E-state index contributed by atoms with van der Waals surface area (Å²) in [5.41, 5.74) is 2.21. The number of para-hydroxylation sites is 1. The third-order valence-corrected chi connectivity index (χ3v) is 4.38. The number of nitrogens with zero attached hydrogens (tertiary/aromatic N) is 4. The fourth-order valence-corrected chi connectivity index (χ4v) is 3.15. The zero-order chi connectivity index (χ0) is 19.7. The van der Waals surface area contributed by atoms with Gasteiger partial charge < -0.3 is 5.11 Å². The van der Waals surface area contributed by atoms with Gasteiger partial charge in [-0.25, -0.2) is 19.5 Å². The van der Waals surface area contributed by atoms with Crippen molar-refractivity contribution in [1.82, 2.24) is 9.97 Å². The Morgan fingerprint density at radius 1 is 1.11 bits per heavy atom. The smallest absolute Gasteiger partial charge is 0.409 e. The first-order valence-corrected chi connectivity index (χ1v) is 8.69. The minimum atomic E-state index is -1.20. The molecule has 0 aliphatic carbocycles. The van der Waals surface area contributed by atoms with Crippen LogP contribution in [0.1, 0.15) is 5.56 Å². The van der Waals surface area contributed by atoms with Gasteiger partial charge >= 0.3 is 12.1 Å². The van der Waals surface area contributed by atoms with Crippen molar-refractivity contribution < 1.29 is 14.7 Å². The van der Waals surface area contributed by atoms with Crippen molar-refractivity contribution in [2.24, 2.45) is 0 Å². The molecule has 0 saturated carbocycles. The first kappa shape index (κ1) is 17.7. The molecular weight excluding hydrogens is 382 g/mol. The molecule has 1 aliphatic rings. The number of rotatable bonds is 3. The predicted molar refractivity (Wildman–Crippen MR) is 105 cm³/mol. The molecule has 2 heterocycles. The molecule has 0 spiro atoms. The number of carbonyl (C=O) groups excluding carboxylic acids is 1. The van der Waals surface area contributed by atoms with Gasteiger partial charge in [-0.1, -0.05) is 24.3 Å². The number of anilines is 4. The lowest BCUT2D eigenvalue weighted by atomic mass is 10.1. The summed E-state index contributed by atoms with van der Waals surface area (Å²) in [6.07, 6.45) is 0.387. The lowest BCUT2D eigenvalue weighted by Crippen LogP contribution is -2.45. The van der Waals surface area contributed by atoms with E-state index in [1.165, 1.54) is 4.90 Å². The first-order valence-electron chi connectivity index (χ1n) is 8.31. The topological polar surface area (TPSA) is 98.7 Å². The van der Waals surface area contributed by atoms with E-state index in [4.69, 9.17) is 16.7 Å². The number of urea groups is 1. The highest BCUT2D eigenvalue weighted by Gasteiger charge is 2.34. The number of hydrogen-bond acceptors (Lipinski definition) is 4. The van der Waals surface area contributed by atoms with Gasteiger partial charge in [-0.3, -0.25) is 10.2 Å². The number of amides is 3. The number of halogens is 1. The van der Waals surface area contributed by atoms with Gasteiger partial charge in [0.15, 0.2) is 5.82 Å². The van der Waals surface area contributed by atoms with Gasteiger partial charge in [-0.2, -0.15) is 4.98 Å². The lowest BCUT2D eigenvalue weighted by molar-refractivity contribution is 0.209. The van der Waals surface area contributed by atoms with E-state index in [0.717, 1.165) is 5.69 Å². The van der Waals surface area contributed by atoms with Crippen LogP contribution in [0, 0.1) is 0 Å². The Morgan fingerprint density at radius 2 is 1.86 bits per heavy atom. The molecule has 140 valence electrons. The molecule has 3 amide bonds. The number of aromatic nitrogens is 2. The van der Waals surface area contributed by atoms with Crippen molar-refractivity contribution in [1.29, 1.82) is 0 Å². The summed E-state index contributed by atoms with van der Waals surface area (Å²) in [6.45, 7) is 0.291. The van der Waals surface area contributed by atoms with Gasteiger partial charge in [0.2, 0.25) is 5.28 Å². The molecular formula is C19H14ClN5O3. The van der Waals surface area contributed by atoms with Crippen LogP contribution in [0.3, 0.4) is 0 Å². The highest BCUT2D eigenvalue weighted by atomic mass is 35.5. The van der Waals surface area contributed by atoms with Gasteiger partial charge in [-0.15, -0.1) is 0 Å². The van der Waals surface area contributed by atoms with Crippen LogP contribution < -0.4 is 15.1 Å². The molecule has 0 fully saturated rings. The molecule has 4 rings (SSSR count). The monoisotopic (exact) mass is 395 g/mol. The molecule has 9 heteroatoms. The fraction of sp³-hybridized carbons (Fsp3) is 0.0526. The number of carbonyl (C=O) groups is 2. The van der Waals surface area contributed by atoms with Crippen molar-refractivity contribution >= 4 is 46.6 Å². The molecule has 0 unspecified atom stereocenters. The third-order valence-electron chi connectivity index (χ3n) is 4.20. The Balaban J connectivity index is 1.83. The summed E-state index contributed by atoms with van der Waals surface area (Å²) in [6, 6.07) is 15.4. The van der Waals surface area contributed by atoms with Crippen molar-refractivity contribution in [2.75, 3.05) is 15.1 Å². The maximum atomic E-state index is 13.3. The number of carboxylic acid groups (broad SMARTS) is 1. The quantitative estimate of drug-likeness (QED) is 0.636. The molecule has 2 aromatic carbocycles. The Labute approximate surface area is 165 Å².